The molecule has 5 heteroatoms. The number of guanidine groups is 1. The normalized spacial score (nSPS) is 18.6. The lowest BCUT2D eigenvalue weighted by molar-refractivity contribution is 0.530. The van der Waals surface area contributed by atoms with E-state index >= 15 is 0 Å². The summed E-state index contributed by atoms with van der Waals surface area (Å²) in [6.45, 7) is 2.64. The highest BCUT2D eigenvalue weighted by Crippen LogP contribution is 2.17. The molecule has 0 bridgehead atoms. The van der Waals surface area contributed by atoms with Gasteiger partial charge in [-0.2, -0.15) is 0 Å². The van der Waals surface area contributed by atoms with Gasteiger partial charge >= 0.3 is 0 Å². The Kier molecular flexibility index (Phi) is 4.99. The largest absolute Gasteiger partial charge is 0.370 e. The Hall–Kier alpha value is -1.10. The van der Waals surface area contributed by atoms with Crippen molar-refractivity contribution < 1.29 is 0 Å². The minimum atomic E-state index is 0.513. The molecule has 0 spiro atoms. The number of aromatic nitrogens is 1. The van der Waals surface area contributed by atoms with Crippen LogP contribution in [0.4, 0.5) is 0 Å². The summed E-state index contributed by atoms with van der Waals surface area (Å²) < 4.78 is 0. The van der Waals surface area contributed by atoms with Crippen molar-refractivity contribution in [1.29, 1.82) is 0 Å². The highest BCUT2D eigenvalue weighted by atomic mass is 32.1. The standard InChI is InChI=1S/C13H22N4S/c1-10-15-8-12(18-10)9-16-13(14)17-11-6-4-2-3-5-7-11/h8,11H,2-7,9H2,1H3,(H3,14,16,17). The topological polar surface area (TPSA) is 63.3 Å². The number of nitrogens with zero attached hydrogens (tertiary/aromatic N) is 2. The van der Waals surface area contributed by atoms with Crippen molar-refractivity contribution in [2.45, 2.75) is 58.0 Å². The van der Waals surface area contributed by atoms with Crippen molar-refractivity contribution in [3.8, 4) is 0 Å². The average Bonchev–Trinajstić information content (AvgIpc) is 2.60. The first kappa shape index (κ1) is 13.3. The summed E-state index contributed by atoms with van der Waals surface area (Å²) in [7, 11) is 0. The number of thiazole rings is 1. The van der Waals surface area contributed by atoms with Crippen LogP contribution < -0.4 is 11.1 Å². The third-order valence-electron chi connectivity index (χ3n) is 3.28. The molecule has 0 unspecified atom stereocenters. The van der Waals surface area contributed by atoms with Crippen LogP contribution in [0.5, 0.6) is 0 Å². The lowest BCUT2D eigenvalue weighted by Gasteiger charge is -2.16. The number of nitrogens with two attached hydrogens (primary N) is 1. The van der Waals surface area contributed by atoms with Crippen molar-refractivity contribution in [3.63, 3.8) is 0 Å². The molecule has 1 aliphatic rings. The van der Waals surface area contributed by atoms with Gasteiger partial charge in [0.15, 0.2) is 5.96 Å². The van der Waals surface area contributed by atoms with E-state index in [2.05, 4.69) is 15.3 Å². The first-order valence-corrected chi connectivity index (χ1v) is 7.53. The predicted molar refractivity (Wildman–Crippen MR) is 76.8 cm³/mol. The third kappa shape index (κ3) is 4.29. The monoisotopic (exact) mass is 266 g/mol. The maximum absolute atomic E-state index is 5.93. The summed E-state index contributed by atoms with van der Waals surface area (Å²) in [6, 6.07) is 0.513. The number of hydrogen-bond donors (Lipinski definition) is 2. The third-order valence-corrected chi connectivity index (χ3v) is 4.18. The first-order valence-electron chi connectivity index (χ1n) is 6.72. The van der Waals surface area contributed by atoms with E-state index < -0.39 is 0 Å². The van der Waals surface area contributed by atoms with Gasteiger partial charge in [-0.25, -0.2) is 9.98 Å². The van der Waals surface area contributed by atoms with Gasteiger partial charge in [0.2, 0.25) is 0 Å². The van der Waals surface area contributed by atoms with E-state index in [0.717, 1.165) is 9.88 Å². The molecule has 1 aromatic heterocycles. The Balaban J connectivity index is 1.80. The van der Waals surface area contributed by atoms with Gasteiger partial charge < -0.3 is 11.1 Å². The van der Waals surface area contributed by atoms with Crippen molar-refractivity contribution in [1.82, 2.24) is 10.3 Å². The van der Waals surface area contributed by atoms with E-state index in [1.165, 1.54) is 38.5 Å². The molecule has 4 nitrogen and oxygen atoms in total. The number of rotatable bonds is 3. The van der Waals surface area contributed by atoms with Gasteiger partial charge in [-0.15, -0.1) is 11.3 Å². The summed E-state index contributed by atoms with van der Waals surface area (Å²) in [4.78, 5) is 9.76. The van der Waals surface area contributed by atoms with E-state index in [4.69, 9.17) is 5.73 Å². The van der Waals surface area contributed by atoms with Crippen LogP contribution in [0.25, 0.3) is 0 Å². The Labute approximate surface area is 113 Å². The summed E-state index contributed by atoms with van der Waals surface area (Å²) in [5.41, 5.74) is 5.93. The Bertz CT molecular complexity index is 391. The molecule has 18 heavy (non-hydrogen) atoms. The minimum absolute atomic E-state index is 0.513. The lowest BCUT2D eigenvalue weighted by Crippen LogP contribution is -2.39. The van der Waals surface area contributed by atoms with Gasteiger partial charge in [0, 0.05) is 17.1 Å². The van der Waals surface area contributed by atoms with E-state index in [-0.39, 0.29) is 0 Å². The highest BCUT2D eigenvalue weighted by molar-refractivity contribution is 7.11. The molecule has 1 fully saturated rings. The molecule has 0 amide bonds. The fourth-order valence-corrected chi connectivity index (χ4v) is 3.04. The van der Waals surface area contributed by atoms with Crippen LogP contribution in [-0.2, 0) is 6.54 Å². The summed E-state index contributed by atoms with van der Waals surface area (Å²) in [6.07, 6.45) is 9.64. The molecular formula is C13H22N4S. The van der Waals surface area contributed by atoms with Crippen LogP contribution in [0.1, 0.15) is 48.4 Å². The fourth-order valence-electron chi connectivity index (χ4n) is 2.32. The zero-order valence-corrected chi connectivity index (χ0v) is 11.8. The fraction of sp³-hybridized carbons (Fsp3) is 0.692. The van der Waals surface area contributed by atoms with Crippen LogP contribution >= 0.6 is 11.3 Å². The highest BCUT2D eigenvalue weighted by Gasteiger charge is 2.12. The van der Waals surface area contributed by atoms with Gasteiger partial charge in [0.1, 0.15) is 0 Å². The summed E-state index contributed by atoms with van der Waals surface area (Å²) in [5.74, 6) is 0.577. The zero-order chi connectivity index (χ0) is 12.8. The maximum Gasteiger partial charge on any atom is 0.189 e. The van der Waals surface area contributed by atoms with Gasteiger partial charge in [0.25, 0.3) is 0 Å². The van der Waals surface area contributed by atoms with Crippen LogP contribution in [0.15, 0.2) is 11.2 Å². The van der Waals surface area contributed by atoms with E-state index in [0.29, 0.717) is 18.5 Å². The second kappa shape index (κ2) is 6.73. The van der Waals surface area contributed by atoms with Gasteiger partial charge in [-0.3, -0.25) is 0 Å². The summed E-state index contributed by atoms with van der Waals surface area (Å²) in [5, 5.41) is 4.43. The second-order valence-electron chi connectivity index (χ2n) is 4.88. The number of nitrogens with one attached hydrogen (secondary N) is 1. The van der Waals surface area contributed by atoms with Crippen LogP contribution in [-0.4, -0.2) is 17.0 Å². The molecule has 0 radical (unpaired) electrons. The Morgan fingerprint density at radius 1 is 1.44 bits per heavy atom. The molecule has 100 valence electrons. The van der Waals surface area contributed by atoms with Gasteiger partial charge in [-0.1, -0.05) is 25.7 Å². The molecule has 0 saturated heterocycles. The maximum atomic E-state index is 5.93. The van der Waals surface area contributed by atoms with Gasteiger partial charge in [-0.05, 0) is 19.8 Å². The molecule has 1 aromatic rings. The first-order chi connectivity index (χ1) is 8.74. The molecule has 0 aromatic carbocycles. The second-order valence-corrected chi connectivity index (χ2v) is 6.20. The average molecular weight is 266 g/mol. The number of aliphatic imine (C=N–C) groups is 1. The van der Waals surface area contributed by atoms with E-state index in [1.807, 2.05) is 13.1 Å². The lowest BCUT2D eigenvalue weighted by atomic mass is 10.1. The van der Waals surface area contributed by atoms with Crippen LogP contribution in [0, 0.1) is 6.92 Å². The number of hydrogen-bond acceptors (Lipinski definition) is 3. The molecule has 0 aliphatic heterocycles. The SMILES string of the molecule is Cc1ncc(CN=C(N)NC2CCCCCC2)s1. The Morgan fingerprint density at radius 3 is 2.78 bits per heavy atom. The van der Waals surface area contributed by atoms with Crippen molar-refractivity contribution in [2.75, 3.05) is 0 Å². The molecular weight excluding hydrogens is 244 g/mol. The van der Waals surface area contributed by atoms with Crippen LogP contribution in [0.3, 0.4) is 0 Å². The predicted octanol–water partition coefficient (Wildman–Crippen LogP) is 2.58. The van der Waals surface area contributed by atoms with E-state index in [9.17, 15) is 0 Å². The smallest absolute Gasteiger partial charge is 0.189 e. The summed E-state index contributed by atoms with van der Waals surface area (Å²) >= 11 is 1.68. The minimum Gasteiger partial charge on any atom is -0.370 e. The molecule has 3 N–H and O–H groups in total. The molecule has 0 atom stereocenters. The zero-order valence-electron chi connectivity index (χ0n) is 11.0. The molecule has 1 aliphatic carbocycles. The quantitative estimate of drug-likeness (QED) is 0.502. The van der Waals surface area contributed by atoms with Crippen LogP contribution in [0.2, 0.25) is 0 Å². The molecule has 2 rings (SSSR count). The van der Waals surface area contributed by atoms with Gasteiger partial charge in [0.05, 0.1) is 11.6 Å². The Morgan fingerprint density at radius 2 is 2.17 bits per heavy atom. The van der Waals surface area contributed by atoms with Crippen molar-refractivity contribution in [3.05, 3.63) is 16.1 Å². The van der Waals surface area contributed by atoms with Crippen molar-refractivity contribution >= 4 is 17.3 Å². The number of aryl methyl sites for hydroxylation is 1. The molecule has 1 heterocycles. The van der Waals surface area contributed by atoms with E-state index in [1.54, 1.807) is 11.3 Å². The van der Waals surface area contributed by atoms with Crippen molar-refractivity contribution in [2.24, 2.45) is 10.7 Å². The molecule has 1 saturated carbocycles.